The van der Waals surface area contributed by atoms with Gasteiger partial charge in [0.05, 0.1) is 23.9 Å². The summed E-state index contributed by atoms with van der Waals surface area (Å²) in [5.74, 6) is 0.0272. The minimum atomic E-state index is -2.20. The number of carbonyl (C=O) groups is 1. The summed E-state index contributed by atoms with van der Waals surface area (Å²) in [4.78, 5) is 25.3. The third-order valence-electron chi connectivity index (χ3n) is 4.07. The molecule has 1 N–H and O–H groups in total. The van der Waals surface area contributed by atoms with Gasteiger partial charge in [-0.2, -0.15) is 0 Å². The minimum Gasteiger partial charge on any atom is -0.332 e. The Hall–Kier alpha value is -3.54. The SMILES string of the molecule is [2H]C([2H])([2H])c1ccc(C(=O)Nc2cc3cc(-c4cncn4C)ncc3cn2)cc1. The Morgan fingerprint density at radius 1 is 1.08 bits per heavy atom. The second-order valence-corrected chi connectivity index (χ2v) is 5.91. The van der Waals surface area contributed by atoms with E-state index in [2.05, 4.69) is 20.3 Å². The Morgan fingerprint density at radius 2 is 1.88 bits per heavy atom. The van der Waals surface area contributed by atoms with Crippen molar-refractivity contribution in [1.29, 1.82) is 0 Å². The molecule has 0 bridgehead atoms. The Morgan fingerprint density at radius 3 is 2.62 bits per heavy atom. The first kappa shape index (κ1) is 12.8. The molecule has 0 unspecified atom stereocenters. The molecule has 0 aliphatic rings. The van der Waals surface area contributed by atoms with Crippen molar-refractivity contribution < 1.29 is 8.91 Å². The third-order valence-corrected chi connectivity index (χ3v) is 4.07. The van der Waals surface area contributed by atoms with Crippen molar-refractivity contribution in [2.24, 2.45) is 7.05 Å². The van der Waals surface area contributed by atoms with Gasteiger partial charge >= 0.3 is 0 Å². The summed E-state index contributed by atoms with van der Waals surface area (Å²) in [6.45, 7) is -2.20. The molecule has 0 spiro atoms. The Balaban J connectivity index is 1.59. The van der Waals surface area contributed by atoms with Gasteiger partial charge in [-0.15, -0.1) is 0 Å². The number of aromatic nitrogens is 4. The van der Waals surface area contributed by atoms with Gasteiger partial charge in [0.2, 0.25) is 0 Å². The maximum absolute atomic E-state index is 12.5. The van der Waals surface area contributed by atoms with Crippen LogP contribution in [0.4, 0.5) is 5.82 Å². The van der Waals surface area contributed by atoms with Crippen LogP contribution in [0.25, 0.3) is 22.2 Å². The number of carbonyl (C=O) groups excluding carboxylic acids is 1. The Labute approximate surface area is 154 Å². The molecule has 0 aliphatic carbocycles. The van der Waals surface area contributed by atoms with Crippen molar-refractivity contribution in [3.63, 3.8) is 0 Å². The molecular formula is C20H17N5O. The van der Waals surface area contributed by atoms with Crippen LogP contribution in [0.3, 0.4) is 0 Å². The standard InChI is InChI=1S/C20H17N5O/c1-13-3-5-14(6-4-13)20(26)24-19-8-15-7-17(18-11-21-12-25(18)2)22-9-16(15)10-23-19/h3-12H,1-2H3,(H,23,24,26)/i1D3. The van der Waals surface area contributed by atoms with Crippen molar-refractivity contribution in [1.82, 2.24) is 19.5 Å². The third kappa shape index (κ3) is 3.04. The van der Waals surface area contributed by atoms with E-state index >= 15 is 0 Å². The highest BCUT2D eigenvalue weighted by Gasteiger charge is 2.09. The summed E-state index contributed by atoms with van der Waals surface area (Å²) in [6.07, 6.45) is 6.81. The van der Waals surface area contributed by atoms with Gasteiger partial charge in [-0.3, -0.25) is 9.78 Å². The number of hydrogen-bond acceptors (Lipinski definition) is 4. The van der Waals surface area contributed by atoms with Crippen molar-refractivity contribution >= 4 is 22.5 Å². The first-order valence-electron chi connectivity index (χ1n) is 9.46. The molecule has 1 aromatic carbocycles. The molecule has 26 heavy (non-hydrogen) atoms. The van der Waals surface area contributed by atoms with Crippen LogP contribution in [0, 0.1) is 6.85 Å². The van der Waals surface area contributed by atoms with Gasteiger partial charge in [0, 0.05) is 34.5 Å². The molecule has 3 aromatic heterocycles. The van der Waals surface area contributed by atoms with Crippen LogP contribution in [0.2, 0.25) is 0 Å². The quantitative estimate of drug-likeness (QED) is 0.615. The molecule has 0 atom stereocenters. The number of anilines is 1. The molecule has 128 valence electrons. The van der Waals surface area contributed by atoms with Crippen LogP contribution in [-0.2, 0) is 7.05 Å². The summed E-state index contributed by atoms with van der Waals surface area (Å²) >= 11 is 0. The lowest BCUT2D eigenvalue weighted by Gasteiger charge is -2.07. The zero-order valence-electron chi connectivity index (χ0n) is 17.0. The number of hydrogen-bond donors (Lipinski definition) is 1. The second kappa shape index (κ2) is 6.40. The van der Waals surface area contributed by atoms with E-state index in [0.717, 1.165) is 22.2 Å². The van der Waals surface area contributed by atoms with Gasteiger partial charge in [0.1, 0.15) is 5.82 Å². The first-order valence-corrected chi connectivity index (χ1v) is 7.96. The summed E-state index contributed by atoms with van der Waals surface area (Å²) in [5.41, 5.74) is 2.18. The van der Waals surface area contributed by atoms with E-state index in [-0.39, 0.29) is 11.5 Å². The summed E-state index contributed by atoms with van der Waals surface area (Å²) in [6, 6.07) is 9.52. The van der Waals surface area contributed by atoms with E-state index < -0.39 is 6.85 Å². The number of amides is 1. The fraction of sp³-hybridized carbons (Fsp3) is 0.100. The minimum absolute atomic E-state index is 0.188. The molecule has 0 fully saturated rings. The maximum Gasteiger partial charge on any atom is 0.256 e. The van der Waals surface area contributed by atoms with Crippen molar-refractivity contribution in [3.8, 4) is 11.4 Å². The average molecular weight is 346 g/mol. The molecule has 4 rings (SSSR count). The van der Waals surface area contributed by atoms with Crippen LogP contribution in [0.1, 0.15) is 20.0 Å². The van der Waals surface area contributed by atoms with E-state index in [9.17, 15) is 4.79 Å². The Bertz CT molecular complexity index is 1200. The van der Waals surface area contributed by atoms with E-state index in [0.29, 0.717) is 11.4 Å². The lowest BCUT2D eigenvalue weighted by molar-refractivity contribution is 0.102. The van der Waals surface area contributed by atoms with E-state index in [4.69, 9.17) is 4.11 Å². The molecule has 3 heterocycles. The smallest absolute Gasteiger partial charge is 0.256 e. The molecule has 0 aliphatic heterocycles. The number of benzene rings is 1. The summed E-state index contributed by atoms with van der Waals surface area (Å²) in [5, 5.41) is 4.46. The number of pyridine rings is 2. The van der Waals surface area contributed by atoms with Gasteiger partial charge in [-0.05, 0) is 36.5 Å². The van der Waals surface area contributed by atoms with Crippen LogP contribution in [0.15, 0.2) is 61.3 Å². The van der Waals surface area contributed by atoms with Crippen LogP contribution < -0.4 is 5.32 Å². The molecule has 0 saturated carbocycles. The Kier molecular flexibility index (Phi) is 3.14. The van der Waals surface area contributed by atoms with Gasteiger partial charge < -0.3 is 9.88 Å². The van der Waals surface area contributed by atoms with Crippen molar-refractivity contribution in [2.75, 3.05) is 5.32 Å². The van der Waals surface area contributed by atoms with Crippen LogP contribution in [0.5, 0.6) is 0 Å². The largest absolute Gasteiger partial charge is 0.332 e. The van der Waals surface area contributed by atoms with Gasteiger partial charge in [0.15, 0.2) is 0 Å². The predicted octanol–water partition coefficient (Wildman–Crippen LogP) is 3.59. The lowest BCUT2D eigenvalue weighted by Crippen LogP contribution is -2.12. The summed E-state index contributed by atoms with van der Waals surface area (Å²) < 4.78 is 24.1. The van der Waals surface area contributed by atoms with E-state index in [1.165, 1.54) is 24.3 Å². The second-order valence-electron chi connectivity index (χ2n) is 5.91. The highest BCUT2D eigenvalue weighted by Crippen LogP contribution is 2.23. The molecule has 0 radical (unpaired) electrons. The maximum atomic E-state index is 12.5. The molecule has 0 saturated heterocycles. The lowest BCUT2D eigenvalue weighted by atomic mass is 10.1. The topological polar surface area (TPSA) is 72.7 Å². The van der Waals surface area contributed by atoms with Crippen molar-refractivity contribution in [2.45, 2.75) is 6.85 Å². The molecule has 6 heteroatoms. The van der Waals surface area contributed by atoms with Crippen LogP contribution >= 0.6 is 0 Å². The van der Waals surface area contributed by atoms with Crippen molar-refractivity contribution in [3.05, 3.63) is 72.4 Å². The molecule has 4 aromatic rings. The first-order chi connectivity index (χ1) is 13.8. The van der Waals surface area contributed by atoms with Gasteiger partial charge in [-0.25, -0.2) is 9.97 Å². The predicted molar refractivity (Wildman–Crippen MR) is 101 cm³/mol. The number of nitrogens with one attached hydrogen (secondary N) is 1. The summed E-state index contributed by atoms with van der Waals surface area (Å²) in [7, 11) is 1.89. The van der Waals surface area contributed by atoms with Gasteiger partial charge in [-0.1, -0.05) is 17.7 Å². The zero-order valence-corrected chi connectivity index (χ0v) is 14.0. The van der Waals surface area contributed by atoms with Gasteiger partial charge in [0.25, 0.3) is 5.91 Å². The van der Waals surface area contributed by atoms with Crippen LogP contribution in [-0.4, -0.2) is 25.4 Å². The molecule has 6 nitrogen and oxygen atoms in total. The average Bonchev–Trinajstić information content (AvgIpc) is 3.13. The fourth-order valence-electron chi connectivity index (χ4n) is 2.66. The number of nitrogens with zero attached hydrogens (tertiary/aromatic N) is 4. The normalized spacial score (nSPS) is 13.0. The highest BCUT2D eigenvalue weighted by molar-refractivity contribution is 6.04. The number of aryl methyl sites for hydroxylation is 2. The zero-order chi connectivity index (χ0) is 20.6. The monoisotopic (exact) mass is 346 g/mol. The van der Waals surface area contributed by atoms with E-state index in [1.807, 2.05) is 17.7 Å². The number of imidazole rings is 1. The van der Waals surface area contributed by atoms with E-state index in [1.54, 1.807) is 31.0 Å². The number of rotatable bonds is 3. The molecule has 1 amide bonds. The highest BCUT2D eigenvalue weighted by atomic mass is 16.1. The fourth-order valence-corrected chi connectivity index (χ4v) is 2.66. The molecular weight excluding hydrogens is 326 g/mol. The number of fused-ring (bicyclic) bond motifs is 1.